The quantitative estimate of drug-likeness (QED) is 0.320. The molecule has 0 amide bonds. The second-order valence-corrected chi connectivity index (χ2v) is 9.82. The lowest BCUT2D eigenvalue weighted by Gasteiger charge is -2.29. The van der Waals surface area contributed by atoms with Gasteiger partial charge in [-0.2, -0.15) is 23.5 Å². The van der Waals surface area contributed by atoms with Crippen molar-refractivity contribution in [3.63, 3.8) is 0 Å². The Kier molecular flexibility index (Phi) is 6.72. The summed E-state index contributed by atoms with van der Waals surface area (Å²) in [5.41, 5.74) is -0.303. The first-order valence-electron chi connectivity index (χ1n) is 12.3. The van der Waals surface area contributed by atoms with Gasteiger partial charge < -0.3 is 4.74 Å². The predicted molar refractivity (Wildman–Crippen MR) is 133 cm³/mol. The molecule has 12 heteroatoms. The number of halogens is 4. The Morgan fingerprint density at radius 2 is 1.97 bits per heavy atom. The first-order chi connectivity index (χ1) is 18.5. The maximum atomic E-state index is 15.1. The van der Waals surface area contributed by atoms with Crippen LogP contribution in [0.4, 0.5) is 17.6 Å². The molecule has 1 aromatic carbocycles. The third-order valence-corrected chi connectivity index (χ3v) is 6.91. The monoisotopic (exact) mass is 540 g/mol. The lowest BCUT2D eigenvalue weighted by Crippen LogP contribution is -2.28. The third-order valence-electron chi connectivity index (χ3n) is 6.91. The topological polar surface area (TPSA) is 98.6 Å². The van der Waals surface area contributed by atoms with Gasteiger partial charge in [0.25, 0.3) is 5.56 Å². The van der Waals surface area contributed by atoms with E-state index < -0.39 is 23.4 Å². The summed E-state index contributed by atoms with van der Waals surface area (Å²) in [4.78, 5) is 21.5. The van der Waals surface area contributed by atoms with Crippen molar-refractivity contribution in [1.29, 1.82) is 5.26 Å². The van der Waals surface area contributed by atoms with E-state index in [0.29, 0.717) is 29.7 Å². The summed E-state index contributed by atoms with van der Waals surface area (Å²) in [6, 6.07) is 7.00. The summed E-state index contributed by atoms with van der Waals surface area (Å²) in [5.74, 6) is -2.51. The van der Waals surface area contributed by atoms with Crippen LogP contribution in [-0.2, 0) is 18.0 Å². The molecule has 202 valence electrons. The van der Waals surface area contributed by atoms with E-state index in [1.807, 2.05) is 30.8 Å². The Balaban J connectivity index is 1.68. The van der Waals surface area contributed by atoms with Crippen molar-refractivity contribution in [2.24, 2.45) is 7.05 Å². The van der Waals surface area contributed by atoms with Gasteiger partial charge in [-0.15, -0.1) is 0 Å². The largest absolute Gasteiger partial charge is 0.449 e. The molecule has 3 aromatic heterocycles. The summed E-state index contributed by atoms with van der Waals surface area (Å²) < 4.78 is 64.5. The number of fused-ring (bicyclic) bond motifs is 1. The standard InChI is InChI=1S/C27H24F4N6O2/c1-14(2)37-13-17(12-33-37)22-9-16(6-7-39-22)21-10-19-24(35-26(27(29,30)31)36(3)25(19)38)23(34-21)18-5-4-15(11-32)8-20(18)28/h4-5,8,10,12-14,16,22H,6-7,9H2,1-3H3. The molecule has 0 saturated carbocycles. The van der Waals surface area contributed by atoms with Crippen LogP contribution in [0.25, 0.3) is 22.2 Å². The summed E-state index contributed by atoms with van der Waals surface area (Å²) in [6.07, 6.45) is -0.575. The number of alkyl halides is 3. The van der Waals surface area contributed by atoms with Gasteiger partial charge >= 0.3 is 6.18 Å². The SMILES string of the molecule is CC(C)n1cc(C2CC(c3cc4c(=O)n(C)c(C(F)(F)F)nc4c(-c4ccc(C#N)cc4F)n3)CCO2)cn1. The molecule has 8 nitrogen and oxygen atoms in total. The first-order valence-corrected chi connectivity index (χ1v) is 12.3. The van der Waals surface area contributed by atoms with Gasteiger partial charge in [0.1, 0.15) is 11.3 Å². The van der Waals surface area contributed by atoms with E-state index in [1.165, 1.54) is 18.2 Å². The first kappa shape index (κ1) is 26.5. The molecular formula is C27H24F4N6O2. The molecule has 0 spiro atoms. The summed E-state index contributed by atoms with van der Waals surface area (Å²) in [5, 5.41) is 13.4. The van der Waals surface area contributed by atoms with Crippen molar-refractivity contribution < 1.29 is 22.3 Å². The van der Waals surface area contributed by atoms with Crippen LogP contribution in [0.15, 0.2) is 41.5 Å². The fourth-order valence-corrected chi connectivity index (χ4v) is 4.82. The van der Waals surface area contributed by atoms with Crippen LogP contribution in [0.1, 0.15) is 67.4 Å². The second-order valence-electron chi connectivity index (χ2n) is 9.82. The van der Waals surface area contributed by atoms with Gasteiger partial charge in [-0.3, -0.25) is 19.0 Å². The highest BCUT2D eigenvalue weighted by Gasteiger charge is 2.37. The zero-order valence-corrected chi connectivity index (χ0v) is 21.3. The molecular weight excluding hydrogens is 516 g/mol. The average Bonchev–Trinajstić information content (AvgIpc) is 3.40. The van der Waals surface area contributed by atoms with E-state index in [9.17, 15) is 18.0 Å². The van der Waals surface area contributed by atoms with Crippen molar-refractivity contribution in [3.8, 4) is 17.3 Å². The molecule has 1 saturated heterocycles. The smallest absolute Gasteiger partial charge is 0.373 e. The van der Waals surface area contributed by atoms with Crippen LogP contribution < -0.4 is 5.56 Å². The minimum Gasteiger partial charge on any atom is -0.373 e. The van der Waals surface area contributed by atoms with Crippen molar-refractivity contribution in [3.05, 3.63) is 75.5 Å². The van der Waals surface area contributed by atoms with Gasteiger partial charge in [-0.1, -0.05) is 0 Å². The number of pyridine rings is 1. The zero-order chi connectivity index (χ0) is 28.1. The average molecular weight is 541 g/mol. The molecule has 2 atom stereocenters. The number of hydrogen-bond donors (Lipinski definition) is 0. The Morgan fingerprint density at radius 3 is 2.62 bits per heavy atom. The van der Waals surface area contributed by atoms with E-state index in [2.05, 4.69) is 15.1 Å². The van der Waals surface area contributed by atoms with Crippen LogP contribution in [0.3, 0.4) is 0 Å². The van der Waals surface area contributed by atoms with E-state index >= 15 is 4.39 Å². The van der Waals surface area contributed by atoms with Gasteiger partial charge in [0, 0.05) is 48.6 Å². The maximum Gasteiger partial charge on any atom is 0.449 e. The molecule has 4 aromatic rings. The van der Waals surface area contributed by atoms with Gasteiger partial charge in [0.05, 0.1) is 35.0 Å². The van der Waals surface area contributed by atoms with Gasteiger partial charge in [-0.05, 0) is 51.0 Å². The molecule has 39 heavy (non-hydrogen) atoms. The van der Waals surface area contributed by atoms with Gasteiger partial charge in [0.2, 0.25) is 5.82 Å². The minimum atomic E-state index is -4.92. The lowest BCUT2D eigenvalue weighted by atomic mass is 9.89. The molecule has 1 aliphatic rings. The molecule has 5 rings (SSSR count). The molecule has 2 unspecified atom stereocenters. The molecule has 0 bridgehead atoms. The number of nitrogens with zero attached hydrogens (tertiary/aromatic N) is 6. The number of nitriles is 1. The number of ether oxygens (including phenoxy) is 1. The summed E-state index contributed by atoms with van der Waals surface area (Å²) in [7, 11) is 0.997. The molecule has 0 N–H and O–H groups in total. The highest BCUT2D eigenvalue weighted by Crippen LogP contribution is 2.39. The molecule has 1 aliphatic heterocycles. The lowest BCUT2D eigenvalue weighted by molar-refractivity contribution is -0.147. The Morgan fingerprint density at radius 1 is 1.21 bits per heavy atom. The fraction of sp³-hybridized carbons (Fsp3) is 0.370. The second kappa shape index (κ2) is 9.89. The van der Waals surface area contributed by atoms with Crippen LogP contribution in [0, 0.1) is 17.1 Å². The van der Waals surface area contributed by atoms with Crippen LogP contribution in [0.2, 0.25) is 0 Å². The molecule has 0 aliphatic carbocycles. The zero-order valence-electron chi connectivity index (χ0n) is 21.3. The predicted octanol–water partition coefficient (Wildman–Crippen LogP) is 5.44. The summed E-state index contributed by atoms with van der Waals surface area (Å²) in [6.45, 7) is 4.39. The highest BCUT2D eigenvalue weighted by atomic mass is 19.4. The van der Waals surface area contributed by atoms with Crippen LogP contribution in [-0.4, -0.2) is 30.9 Å². The van der Waals surface area contributed by atoms with Crippen molar-refractivity contribution in [2.75, 3.05) is 6.61 Å². The van der Waals surface area contributed by atoms with E-state index in [4.69, 9.17) is 10.00 Å². The van der Waals surface area contributed by atoms with Crippen molar-refractivity contribution in [2.45, 2.75) is 50.9 Å². The van der Waals surface area contributed by atoms with Gasteiger partial charge in [-0.25, -0.2) is 9.37 Å². The fourth-order valence-electron chi connectivity index (χ4n) is 4.82. The third kappa shape index (κ3) is 4.90. The van der Waals surface area contributed by atoms with E-state index in [-0.39, 0.29) is 45.8 Å². The maximum absolute atomic E-state index is 15.1. The van der Waals surface area contributed by atoms with Crippen LogP contribution >= 0.6 is 0 Å². The van der Waals surface area contributed by atoms with E-state index in [1.54, 1.807) is 6.20 Å². The molecule has 1 fully saturated rings. The Labute approximate surface area is 220 Å². The number of aromatic nitrogens is 5. The highest BCUT2D eigenvalue weighted by molar-refractivity contribution is 5.91. The minimum absolute atomic E-state index is 0.0331. The number of benzene rings is 1. The molecule has 4 heterocycles. The van der Waals surface area contributed by atoms with E-state index in [0.717, 1.165) is 18.7 Å². The summed E-state index contributed by atoms with van der Waals surface area (Å²) >= 11 is 0. The number of rotatable bonds is 4. The van der Waals surface area contributed by atoms with Gasteiger partial charge in [0.15, 0.2) is 0 Å². The Hall–Kier alpha value is -4.11. The van der Waals surface area contributed by atoms with Crippen molar-refractivity contribution in [1.82, 2.24) is 24.3 Å². The van der Waals surface area contributed by atoms with Crippen LogP contribution in [0.5, 0.6) is 0 Å². The molecule has 0 radical (unpaired) electrons. The van der Waals surface area contributed by atoms with Crippen molar-refractivity contribution >= 4 is 10.9 Å². The Bertz CT molecular complexity index is 1670. The number of hydrogen-bond acceptors (Lipinski definition) is 6. The normalized spacial score (nSPS) is 18.0.